The molecule has 0 bridgehead atoms. The molecule has 8 heteroatoms. The molecule has 2 unspecified atom stereocenters. The molecule has 120 valence electrons. The molecule has 0 saturated carbocycles. The first-order valence-electron chi connectivity index (χ1n) is 7.38. The summed E-state index contributed by atoms with van der Waals surface area (Å²) in [7, 11) is -3.27. The molecule has 0 aliphatic carbocycles. The van der Waals surface area contributed by atoms with E-state index in [1.807, 2.05) is 6.92 Å². The van der Waals surface area contributed by atoms with E-state index in [0.29, 0.717) is 38.9 Å². The van der Waals surface area contributed by atoms with Crippen molar-refractivity contribution in [2.45, 2.75) is 32.2 Å². The molecule has 2 heterocycles. The lowest BCUT2D eigenvalue weighted by molar-refractivity contribution is -0.147. The van der Waals surface area contributed by atoms with Gasteiger partial charge in [0.15, 0.2) is 0 Å². The van der Waals surface area contributed by atoms with Crippen LogP contribution in [0.4, 0.5) is 0 Å². The molecule has 2 aliphatic rings. The first-order chi connectivity index (χ1) is 9.84. The number of rotatable bonds is 3. The van der Waals surface area contributed by atoms with Crippen LogP contribution < -0.4 is 5.32 Å². The van der Waals surface area contributed by atoms with Crippen LogP contribution in [0.3, 0.4) is 0 Å². The summed E-state index contributed by atoms with van der Waals surface area (Å²) < 4.78 is 24.6. The SMILES string of the molecule is CCC1C(=O)NCCN1C(=O)C1CCCN(S(C)(=O)=O)C1. The second-order valence-electron chi connectivity index (χ2n) is 5.71. The molecule has 0 spiro atoms. The highest BCUT2D eigenvalue weighted by molar-refractivity contribution is 7.88. The topological polar surface area (TPSA) is 86.8 Å². The van der Waals surface area contributed by atoms with Crippen LogP contribution in [0.25, 0.3) is 0 Å². The Morgan fingerprint density at radius 3 is 2.71 bits per heavy atom. The fraction of sp³-hybridized carbons (Fsp3) is 0.846. The first kappa shape index (κ1) is 16.2. The van der Waals surface area contributed by atoms with E-state index in [-0.39, 0.29) is 24.3 Å². The summed E-state index contributed by atoms with van der Waals surface area (Å²) in [4.78, 5) is 26.1. The third-order valence-electron chi connectivity index (χ3n) is 4.20. The highest BCUT2D eigenvalue weighted by Crippen LogP contribution is 2.23. The monoisotopic (exact) mass is 317 g/mol. The van der Waals surface area contributed by atoms with Crippen LogP contribution in [-0.4, -0.2) is 67.9 Å². The van der Waals surface area contributed by atoms with Crippen LogP contribution in [-0.2, 0) is 19.6 Å². The summed E-state index contributed by atoms with van der Waals surface area (Å²) >= 11 is 0. The lowest BCUT2D eigenvalue weighted by Gasteiger charge is -2.39. The Hall–Kier alpha value is -1.15. The molecular weight excluding hydrogens is 294 g/mol. The van der Waals surface area contributed by atoms with Crippen molar-refractivity contribution < 1.29 is 18.0 Å². The summed E-state index contributed by atoms with van der Waals surface area (Å²) in [6.07, 6.45) is 3.10. The van der Waals surface area contributed by atoms with E-state index < -0.39 is 16.1 Å². The van der Waals surface area contributed by atoms with Crippen molar-refractivity contribution >= 4 is 21.8 Å². The molecule has 2 atom stereocenters. The van der Waals surface area contributed by atoms with Gasteiger partial charge in [-0.2, -0.15) is 0 Å². The molecule has 1 N–H and O–H groups in total. The van der Waals surface area contributed by atoms with Gasteiger partial charge in [0.2, 0.25) is 21.8 Å². The van der Waals surface area contributed by atoms with E-state index in [4.69, 9.17) is 0 Å². The van der Waals surface area contributed by atoms with Gasteiger partial charge in [-0.3, -0.25) is 9.59 Å². The summed E-state index contributed by atoms with van der Waals surface area (Å²) in [5, 5.41) is 2.76. The number of hydrogen-bond donors (Lipinski definition) is 1. The van der Waals surface area contributed by atoms with Crippen LogP contribution >= 0.6 is 0 Å². The summed E-state index contributed by atoms with van der Waals surface area (Å²) in [5.74, 6) is -0.550. The number of nitrogens with zero attached hydrogens (tertiary/aromatic N) is 2. The number of piperidine rings is 1. The molecule has 2 rings (SSSR count). The van der Waals surface area contributed by atoms with E-state index in [0.717, 1.165) is 0 Å². The minimum atomic E-state index is -3.27. The Morgan fingerprint density at radius 2 is 2.10 bits per heavy atom. The van der Waals surface area contributed by atoms with Gasteiger partial charge in [-0.25, -0.2) is 12.7 Å². The Bertz CT molecular complexity index is 520. The number of piperazine rings is 1. The number of nitrogens with one attached hydrogen (secondary N) is 1. The second kappa shape index (κ2) is 6.31. The van der Waals surface area contributed by atoms with Crippen LogP contribution in [0.15, 0.2) is 0 Å². The van der Waals surface area contributed by atoms with E-state index in [9.17, 15) is 18.0 Å². The third-order valence-corrected chi connectivity index (χ3v) is 5.47. The van der Waals surface area contributed by atoms with Gasteiger partial charge in [0.25, 0.3) is 0 Å². The van der Waals surface area contributed by atoms with Gasteiger partial charge in [0.1, 0.15) is 6.04 Å². The van der Waals surface area contributed by atoms with Crippen LogP contribution in [0.1, 0.15) is 26.2 Å². The quantitative estimate of drug-likeness (QED) is 0.753. The van der Waals surface area contributed by atoms with Crippen LogP contribution in [0.5, 0.6) is 0 Å². The lowest BCUT2D eigenvalue weighted by Crippen LogP contribution is -2.59. The highest BCUT2D eigenvalue weighted by Gasteiger charge is 2.37. The van der Waals surface area contributed by atoms with Gasteiger partial charge >= 0.3 is 0 Å². The van der Waals surface area contributed by atoms with Gasteiger partial charge in [-0.15, -0.1) is 0 Å². The normalized spacial score (nSPS) is 28.3. The predicted molar refractivity (Wildman–Crippen MR) is 77.9 cm³/mol. The zero-order chi connectivity index (χ0) is 15.6. The number of carbonyl (C=O) groups excluding carboxylic acids is 2. The molecular formula is C13H23N3O4S. The fourth-order valence-corrected chi connectivity index (χ4v) is 3.98. The van der Waals surface area contributed by atoms with Gasteiger partial charge in [-0.05, 0) is 19.3 Å². The Balaban J connectivity index is 2.10. The summed E-state index contributed by atoms with van der Waals surface area (Å²) in [5.41, 5.74) is 0. The second-order valence-corrected chi connectivity index (χ2v) is 7.69. The fourth-order valence-electron chi connectivity index (χ4n) is 3.06. The van der Waals surface area contributed by atoms with Crippen LogP contribution in [0.2, 0.25) is 0 Å². The maximum atomic E-state index is 12.7. The van der Waals surface area contributed by atoms with Crippen LogP contribution in [0, 0.1) is 5.92 Å². The van der Waals surface area contributed by atoms with Crippen molar-refractivity contribution in [3.63, 3.8) is 0 Å². The Morgan fingerprint density at radius 1 is 1.38 bits per heavy atom. The van der Waals surface area contributed by atoms with Gasteiger partial charge in [0.05, 0.1) is 12.2 Å². The molecule has 0 aromatic heterocycles. The Labute approximate surface area is 125 Å². The zero-order valence-electron chi connectivity index (χ0n) is 12.5. The maximum absolute atomic E-state index is 12.7. The van der Waals surface area contributed by atoms with Crippen molar-refractivity contribution in [2.75, 3.05) is 32.4 Å². The molecule has 2 aliphatic heterocycles. The van der Waals surface area contributed by atoms with Crippen molar-refractivity contribution in [1.82, 2.24) is 14.5 Å². The molecule has 2 saturated heterocycles. The molecule has 21 heavy (non-hydrogen) atoms. The van der Waals surface area contributed by atoms with Crippen molar-refractivity contribution in [2.24, 2.45) is 5.92 Å². The molecule has 2 amide bonds. The molecule has 2 fully saturated rings. The van der Waals surface area contributed by atoms with E-state index in [1.165, 1.54) is 10.6 Å². The average Bonchev–Trinajstić information content (AvgIpc) is 2.45. The smallest absolute Gasteiger partial charge is 0.242 e. The maximum Gasteiger partial charge on any atom is 0.242 e. The average molecular weight is 317 g/mol. The minimum absolute atomic E-state index is 0.0925. The zero-order valence-corrected chi connectivity index (χ0v) is 13.4. The lowest BCUT2D eigenvalue weighted by atomic mass is 9.96. The molecule has 0 radical (unpaired) electrons. The minimum Gasteiger partial charge on any atom is -0.353 e. The molecule has 0 aromatic carbocycles. The standard InChI is InChI=1S/C13H23N3O4S/c1-3-11-12(17)14-6-8-16(11)13(18)10-5-4-7-15(9-10)21(2,19)20/h10-11H,3-9H2,1-2H3,(H,14,17). The van der Waals surface area contributed by atoms with Gasteiger partial charge in [0, 0.05) is 26.2 Å². The largest absolute Gasteiger partial charge is 0.353 e. The number of amides is 2. The van der Waals surface area contributed by atoms with E-state index in [2.05, 4.69) is 5.32 Å². The number of sulfonamides is 1. The Kier molecular flexibility index (Phi) is 4.88. The number of hydrogen-bond acceptors (Lipinski definition) is 4. The van der Waals surface area contributed by atoms with Gasteiger partial charge in [-0.1, -0.05) is 6.92 Å². The van der Waals surface area contributed by atoms with E-state index >= 15 is 0 Å². The number of carbonyl (C=O) groups is 2. The third kappa shape index (κ3) is 3.55. The summed E-state index contributed by atoms with van der Waals surface area (Å²) in [6.45, 7) is 3.54. The van der Waals surface area contributed by atoms with Gasteiger partial charge < -0.3 is 10.2 Å². The predicted octanol–water partition coefficient (Wildman–Crippen LogP) is -0.605. The first-order valence-corrected chi connectivity index (χ1v) is 9.22. The summed E-state index contributed by atoms with van der Waals surface area (Å²) in [6, 6.07) is -0.431. The van der Waals surface area contributed by atoms with Crippen molar-refractivity contribution in [1.29, 1.82) is 0 Å². The molecule has 7 nitrogen and oxygen atoms in total. The van der Waals surface area contributed by atoms with Crippen molar-refractivity contribution in [3.05, 3.63) is 0 Å². The van der Waals surface area contributed by atoms with Crippen molar-refractivity contribution in [3.8, 4) is 0 Å². The van der Waals surface area contributed by atoms with E-state index in [1.54, 1.807) is 4.90 Å². The highest BCUT2D eigenvalue weighted by atomic mass is 32.2. The molecule has 0 aromatic rings.